The Kier molecular flexibility index (Phi) is 1.45. The Balaban J connectivity index is 2.33. The Morgan fingerprint density at radius 3 is 1.92 bits per heavy atom. The van der Waals surface area contributed by atoms with Crippen molar-refractivity contribution in [1.29, 1.82) is 0 Å². The lowest BCUT2D eigenvalue weighted by Crippen LogP contribution is -2.22. The molecule has 2 saturated heterocycles. The van der Waals surface area contributed by atoms with Gasteiger partial charge in [0, 0.05) is 0 Å². The lowest BCUT2D eigenvalue weighted by molar-refractivity contribution is 0.264. The van der Waals surface area contributed by atoms with E-state index in [0.717, 1.165) is 12.8 Å². The summed E-state index contributed by atoms with van der Waals surface area (Å²) in [5, 5.41) is 0. The predicted octanol–water partition coefficient (Wildman–Crippen LogP) is 0.743. The molecule has 0 saturated carbocycles. The Morgan fingerprint density at radius 2 is 1.58 bits per heavy atom. The van der Waals surface area contributed by atoms with Crippen LogP contribution in [0.3, 0.4) is 0 Å². The van der Waals surface area contributed by atoms with Gasteiger partial charge in [0.2, 0.25) is 0 Å². The van der Waals surface area contributed by atoms with E-state index in [-0.39, 0.29) is 22.7 Å². The second-order valence-corrected chi connectivity index (χ2v) is 5.89. The number of hydrogen-bond acceptors (Lipinski definition) is 3. The Hall–Kier alpha value is -0.0900. The van der Waals surface area contributed by atoms with Crippen LogP contribution >= 0.6 is 0 Å². The van der Waals surface area contributed by atoms with Gasteiger partial charge in [0.15, 0.2) is 9.84 Å². The summed E-state index contributed by atoms with van der Waals surface area (Å²) in [4.78, 5) is 0. The highest BCUT2D eigenvalue weighted by Gasteiger charge is 2.74. The van der Waals surface area contributed by atoms with E-state index < -0.39 is 9.84 Å². The van der Waals surface area contributed by atoms with Crippen molar-refractivity contribution in [2.45, 2.75) is 37.9 Å². The number of epoxide rings is 1. The molecule has 2 rings (SSSR count). The third kappa shape index (κ3) is 0.823. The summed E-state index contributed by atoms with van der Waals surface area (Å²) in [7, 11) is -2.81. The Labute approximate surface area is 73.0 Å². The van der Waals surface area contributed by atoms with Gasteiger partial charge in [-0.3, -0.25) is 0 Å². The van der Waals surface area contributed by atoms with Crippen molar-refractivity contribution in [2.24, 2.45) is 0 Å². The molecule has 70 valence electrons. The molecule has 0 aromatic heterocycles. The van der Waals surface area contributed by atoms with Crippen LogP contribution in [0.15, 0.2) is 0 Å². The van der Waals surface area contributed by atoms with Crippen molar-refractivity contribution in [1.82, 2.24) is 0 Å². The fourth-order valence-electron chi connectivity index (χ4n) is 2.42. The first kappa shape index (κ1) is 8.51. The average molecular weight is 190 g/mol. The van der Waals surface area contributed by atoms with E-state index in [1.54, 1.807) is 0 Å². The molecule has 2 unspecified atom stereocenters. The molecule has 2 aliphatic rings. The summed E-state index contributed by atoms with van der Waals surface area (Å²) in [5.41, 5.74) is -0.610. The fourth-order valence-corrected chi connectivity index (χ4v) is 5.00. The zero-order chi connectivity index (χ0) is 9.04. The molecule has 2 fully saturated rings. The summed E-state index contributed by atoms with van der Waals surface area (Å²) >= 11 is 0. The molecule has 0 N–H and O–H groups in total. The molecule has 0 aliphatic carbocycles. The number of sulfone groups is 1. The zero-order valence-electron chi connectivity index (χ0n) is 7.46. The maximum absolute atomic E-state index is 11.3. The van der Waals surface area contributed by atoms with E-state index in [9.17, 15) is 8.42 Å². The molecular weight excluding hydrogens is 176 g/mol. The Morgan fingerprint density at radius 1 is 1.17 bits per heavy atom. The molecule has 0 aromatic rings. The number of hydrogen-bond donors (Lipinski definition) is 0. The van der Waals surface area contributed by atoms with Gasteiger partial charge < -0.3 is 4.74 Å². The summed E-state index contributed by atoms with van der Waals surface area (Å²) in [6.45, 7) is 4.00. The molecule has 0 bridgehead atoms. The molecule has 12 heavy (non-hydrogen) atoms. The molecule has 2 aliphatic heterocycles. The standard InChI is InChI=1S/C8H14O3S/c1-3-7-5-12(9,10)6-8(7,4-2)11-7/h3-6H2,1-2H3. The van der Waals surface area contributed by atoms with Crippen LogP contribution in [0.2, 0.25) is 0 Å². The van der Waals surface area contributed by atoms with Gasteiger partial charge in [-0.05, 0) is 12.8 Å². The van der Waals surface area contributed by atoms with Gasteiger partial charge in [-0.25, -0.2) is 8.42 Å². The van der Waals surface area contributed by atoms with Gasteiger partial charge in [-0.2, -0.15) is 0 Å². The predicted molar refractivity (Wildman–Crippen MR) is 45.8 cm³/mol. The maximum Gasteiger partial charge on any atom is 0.156 e. The molecule has 4 heteroatoms. The SMILES string of the molecule is CCC12CS(=O)(=O)CC1(CC)O2. The van der Waals surface area contributed by atoms with Crippen molar-refractivity contribution in [3.63, 3.8) is 0 Å². The minimum absolute atomic E-state index is 0.240. The second-order valence-electron chi connectivity index (χ2n) is 3.83. The number of rotatable bonds is 2. The van der Waals surface area contributed by atoms with Crippen LogP contribution in [0.5, 0.6) is 0 Å². The normalized spacial score (nSPS) is 48.8. The van der Waals surface area contributed by atoms with Crippen molar-refractivity contribution in [3.8, 4) is 0 Å². The second kappa shape index (κ2) is 2.04. The summed E-state index contributed by atoms with van der Waals surface area (Å²) in [5.74, 6) is 0.481. The van der Waals surface area contributed by atoms with Gasteiger partial charge in [0.25, 0.3) is 0 Å². The smallest absolute Gasteiger partial charge is 0.156 e. The zero-order valence-corrected chi connectivity index (χ0v) is 8.28. The molecule has 0 radical (unpaired) electrons. The third-order valence-corrected chi connectivity index (χ3v) is 5.04. The quantitative estimate of drug-likeness (QED) is 0.603. The van der Waals surface area contributed by atoms with Crippen molar-refractivity contribution in [3.05, 3.63) is 0 Å². The highest BCUT2D eigenvalue weighted by atomic mass is 32.2. The van der Waals surface area contributed by atoms with Gasteiger partial charge in [-0.1, -0.05) is 13.8 Å². The summed E-state index contributed by atoms with van der Waals surface area (Å²) in [6.07, 6.45) is 1.64. The van der Waals surface area contributed by atoms with Gasteiger partial charge in [-0.15, -0.1) is 0 Å². The summed E-state index contributed by atoms with van der Waals surface area (Å²) in [6, 6.07) is 0. The van der Waals surface area contributed by atoms with E-state index in [2.05, 4.69) is 0 Å². The van der Waals surface area contributed by atoms with E-state index in [1.807, 2.05) is 13.8 Å². The Bertz CT molecular complexity index is 284. The van der Waals surface area contributed by atoms with Crippen molar-refractivity contribution in [2.75, 3.05) is 11.5 Å². The molecule has 0 spiro atoms. The molecule has 2 heterocycles. The van der Waals surface area contributed by atoms with Crippen molar-refractivity contribution < 1.29 is 13.2 Å². The molecule has 0 aromatic carbocycles. The van der Waals surface area contributed by atoms with Crippen LogP contribution in [0.4, 0.5) is 0 Å². The highest BCUT2D eigenvalue weighted by Crippen LogP contribution is 2.58. The maximum atomic E-state index is 11.3. The van der Waals surface area contributed by atoms with Gasteiger partial charge >= 0.3 is 0 Å². The van der Waals surface area contributed by atoms with Crippen LogP contribution in [0.25, 0.3) is 0 Å². The fraction of sp³-hybridized carbons (Fsp3) is 1.00. The topological polar surface area (TPSA) is 46.7 Å². The largest absolute Gasteiger partial charge is 0.360 e. The highest BCUT2D eigenvalue weighted by molar-refractivity contribution is 7.91. The first-order valence-corrected chi connectivity index (χ1v) is 6.22. The molecule has 2 atom stereocenters. The molecular formula is C8H14O3S. The minimum Gasteiger partial charge on any atom is -0.360 e. The van der Waals surface area contributed by atoms with Crippen LogP contribution in [-0.2, 0) is 14.6 Å². The van der Waals surface area contributed by atoms with E-state index in [0.29, 0.717) is 0 Å². The first-order chi connectivity index (χ1) is 5.49. The molecule has 3 nitrogen and oxygen atoms in total. The number of ether oxygens (including phenoxy) is 1. The van der Waals surface area contributed by atoms with Crippen LogP contribution in [-0.4, -0.2) is 31.1 Å². The van der Waals surface area contributed by atoms with Crippen molar-refractivity contribution >= 4 is 9.84 Å². The average Bonchev–Trinajstić information content (AvgIpc) is 2.51. The lowest BCUT2D eigenvalue weighted by Gasteiger charge is -2.03. The minimum atomic E-state index is -2.81. The van der Waals surface area contributed by atoms with Crippen LogP contribution in [0.1, 0.15) is 26.7 Å². The van der Waals surface area contributed by atoms with Gasteiger partial charge in [0.1, 0.15) is 11.2 Å². The van der Waals surface area contributed by atoms with Crippen LogP contribution in [0, 0.1) is 0 Å². The lowest BCUT2D eigenvalue weighted by atomic mass is 9.92. The van der Waals surface area contributed by atoms with Crippen LogP contribution < -0.4 is 0 Å². The van der Waals surface area contributed by atoms with E-state index >= 15 is 0 Å². The molecule has 0 amide bonds. The summed E-state index contributed by atoms with van der Waals surface area (Å²) < 4.78 is 28.2. The van der Waals surface area contributed by atoms with E-state index in [4.69, 9.17) is 4.74 Å². The first-order valence-electron chi connectivity index (χ1n) is 4.40. The number of fused-ring (bicyclic) bond motifs is 1. The third-order valence-electron chi connectivity index (χ3n) is 3.23. The van der Waals surface area contributed by atoms with E-state index in [1.165, 1.54) is 0 Å². The monoisotopic (exact) mass is 190 g/mol. The van der Waals surface area contributed by atoms with Gasteiger partial charge in [0.05, 0.1) is 11.5 Å².